The van der Waals surface area contributed by atoms with Gasteiger partial charge < -0.3 is 15.2 Å². The van der Waals surface area contributed by atoms with Gasteiger partial charge in [0, 0.05) is 18.2 Å². The molecule has 7 heteroatoms. The number of anilines is 1. The number of nitrogens with one attached hydrogen (secondary N) is 2. The molecule has 0 aliphatic heterocycles. The first-order valence-corrected chi connectivity index (χ1v) is 7.05. The average molecular weight is 330 g/mol. The van der Waals surface area contributed by atoms with Gasteiger partial charge in [-0.3, -0.25) is 14.9 Å². The van der Waals surface area contributed by atoms with Crippen LogP contribution in [0, 0.1) is 0 Å². The van der Waals surface area contributed by atoms with Crippen molar-refractivity contribution >= 4 is 34.9 Å². The monoisotopic (exact) mass is 330 g/mol. The molecule has 2 aromatic rings. The highest BCUT2D eigenvalue weighted by molar-refractivity contribution is 7.80. The quantitative estimate of drug-likeness (QED) is 0.455. The molecule has 0 heterocycles. The highest BCUT2D eigenvalue weighted by Crippen LogP contribution is 2.16. The minimum absolute atomic E-state index is 0.0788. The number of benzene rings is 2. The Kier molecular flexibility index (Phi) is 5.27. The van der Waals surface area contributed by atoms with Crippen LogP contribution in [0.4, 0.5) is 5.69 Å². The van der Waals surface area contributed by atoms with Crippen LogP contribution in [0.1, 0.15) is 17.3 Å². The van der Waals surface area contributed by atoms with Crippen LogP contribution in [0.25, 0.3) is 0 Å². The second-order valence-electron chi connectivity index (χ2n) is 4.57. The second-order valence-corrected chi connectivity index (χ2v) is 4.98. The zero-order valence-electron chi connectivity index (χ0n) is 12.2. The molecule has 1 amide bonds. The van der Waals surface area contributed by atoms with E-state index in [1.165, 1.54) is 31.2 Å². The van der Waals surface area contributed by atoms with Gasteiger partial charge in [0.25, 0.3) is 5.91 Å². The molecule has 3 N–H and O–H groups in total. The van der Waals surface area contributed by atoms with Gasteiger partial charge in [-0.15, -0.1) is 0 Å². The maximum atomic E-state index is 12.0. The minimum Gasteiger partial charge on any atom is -0.508 e. The summed E-state index contributed by atoms with van der Waals surface area (Å²) in [7, 11) is 0. The summed E-state index contributed by atoms with van der Waals surface area (Å²) in [5.41, 5.74) is 1.01. The van der Waals surface area contributed by atoms with E-state index in [9.17, 15) is 14.7 Å². The number of hydrogen-bond acceptors (Lipinski definition) is 5. The molecule has 23 heavy (non-hydrogen) atoms. The van der Waals surface area contributed by atoms with Crippen LogP contribution in [0.3, 0.4) is 0 Å². The third-order valence-corrected chi connectivity index (χ3v) is 2.93. The van der Waals surface area contributed by atoms with E-state index in [1.807, 2.05) is 0 Å². The van der Waals surface area contributed by atoms with E-state index in [-0.39, 0.29) is 16.8 Å². The lowest BCUT2D eigenvalue weighted by Crippen LogP contribution is -2.34. The molecule has 0 saturated heterocycles. The van der Waals surface area contributed by atoms with Gasteiger partial charge in [0.15, 0.2) is 5.11 Å². The molecular formula is C16H14N2O4S. The molecule has 0 bridgehead atoms. The maximum absolute atomic E-state index is 12.0. The first-order valence-electron chi connectivity index (χ1n) is 6.64. The summed E-state index contributed by atoms with van der Waals surface area (Å²) in [6, 6.07) is 12.3. The fourth-order valence-corrected chi connectivity index (χ4v) is 1.93. The van der Waals surface area contributed by atoms with E-state index >= 15 is 0 Å². The topological polar surface area (TPSA) is 87.7 Å². The highest BCUT2D eigenvalue weighted by Gasteiger charge is 2.08. The van der Waals surface area contributed by atoms with Crippen LogP contribution in [-0.2, 0) is 4.79 Å². The molecule has 0 fully saturated rings. The standard InChI is InChI=1S/C16H14N2O4S/c1-10(19)22-14-8-4-12(5-9-14)17-16(23)18-15(21)11-2-6-13(20)7-3-11/h2-9,20H,1H3,(H2,17,18,21,23). The van der Waals surface area contributed by atoms with Crippen molar-refractivity contribution in [3.05, 3.63) is 54.1 Å². The van der Waals surface area contributed by atoms with Gasteiger partial charge in [0.05, 0.1) is 0 Å². The van der Waals surface area contributed by atoms with Gasteiger partial charge in [-0.2, -0.15) is 0 Å². The highest BCUT2D eigenvalue weighted by atomic mass is 32.1. The van der Waals surface area contributed by atoms with Crippen LogP contribution in [0.5, 0.6) is 11.5 Å². The molecular weight excluding hydrogens is 316 g/mol. The lowest BCUT2D eigenvalue weighted by Gasteiger charge is -2.10. The normalized spacial score (nSPS) is 9.78. The van der Waals surface area contributed by atoms with E-state index in [0.717, 1.165) is 0 Å². The van der Waals surface area contributed by atoms with Crippen molar-refractivity contribution in [3.8, 4) is 11.5 Å². The van der Waals surface area contributed by atoms with Crippen molar-refractivity contribution in [1.29, 1.82) is 0 Å². The van der Waals surface area contributed by atoms with Crippen molar-refractivity contribution in [2.24, 2.45) is 0 Å². The molecule has 0 spiro atoms. The number of aromatic hydroxyl groups is 1. The first-order chi connectivity index (χ1) is 10.9. The summed E-state index contributed by atoms with van der Waals surface area (Å²) in [6.07, 6.45) is 0. The Labute approximate surface area is 138 Å². The predicted molar refractivity (Wildman–Crippen MR) is 89.5 cm³/mol. The lowest BCUT2D eigenvalue weighted by atomic mass is 10.2. The SMILES string of the molecule is CC(=O)Oc1ccc(NC(=S)NC(=O)c2ccc(O)cc2)cc1. The Morgan fingerprint density at radius 3 is 2.22 bits per heavy atom. The molecule has 0 radical (unpaired) electrons. The zero-order valence-corrected chi connectivity index (χ0v) is 13.0. The van der Waals surface area contributed by atoms with Crippen LogP contribution in [-0.4, -0.2) is 22.1 Å². The van der Waals surface area contributed by atoms with Crippen LogP contribution in [0.2, 0.25) is 0 Å². The molecule has 6 nitrogen and oxygen atoms in total. The summed E-state index contributed by atoms with van der Waals surface area (Å²) < 4.78 is 4.92. The average Bonchev–Trinajstić information content (AvgIpc) is 2.49. The van der Waals surface area contributed by atoms with Gasteiger partial charge in [0.2, 0.25) is 0 Å². The Hall–Kier alpha value is -2.93. The van der Waals surface area contributed by atoms with Crippen molar-refractivity contribution in [2.45, 2.75) is 6.92 Å². The minimum atomic E-state index is -0.401. The lowest BCUT2D eigenvalue weighted by molar-refractivity contribution is -0.131. The van der Waals surface area contributed by atoms with E-state index < -0.39 is 5.97 Å². The Bertz CT molecular complexity index is 727. The fourth-order valence-electron chi connectivity index (χ4n) is 1.72. The largest absolute Gasteiger partial charge is 0.508 e. The van der Waals surface area contributed by atoms with E-state index in [4.69, 9.17) is 17.0 Å². The second kappa shape index (κ2) is 7.37. The number of phenols is 1. The summed E-state index contributed by atoms with van der Waals surface area (Å²) in [5.74, 6) is -0.293. The molecule has 0 aromatic heterocycles. The summed E-state index contributed by atoms with van der Waals surface area (Å²) in [5, 5.41) is 14.7. The first kappa shape index (κ1) is 16.4. The number of carbonyl (C=O) groups excluding carboxylic acids is 2. The number of hydrogen-bond donors (Lipinski definition) is 3. The van der Waals surface area contributed by atoms with E-state index in [0.29, 0.717) is 17.0 Å². The number of thiocarbonyl (C=S) groups is 1. The van der Waals surface area contributed by atoms with E-state index in [1.54, 1.807) is 24.3 Å². The summed E-state index contributed by atoms with van der Waals surface area (Å²) >= 11 is 5.06. The van der Waals surface area contributed by atoms with Gasteiger partial charge in [0.1, 0.15) is 11.5 Å². The predicted octanol–water partition coefficient (Wildman–Crippen LogP) is 2.44. The van der Waals surface area contributed by atoms with Crippen LogP contribution >= 0.6 is 12.2 Å². The Balaban J connectivity index is 1.92. The van der Waals surface area contributed by atoms with Gasteiger partial charge in [-0.25, -0.2) is 0 Å². The number of rotatable bonds is 3. The van der Waals surface area contributed by atoms with Gasteiger partial charge >= 0.3 is 5.97 Å². The Morgan fingerprint density at radius 2 is 1.65 bits per heavy atom. The molecule has 0 saturated carbocycles. The van der Waals surface area contributed by atoms with Gasteiger partial charge in [-0.05, 0) is 60.7 Å². The molecule has 2 rings (SSSR count). The van der Waals surface area contributed by atoms with Crippen LogP contribution in [0.15, 0.2) is 48.5 Å². The third-order valence-electron chi connectivity index (χ3n) is 2.73. The number of ether oxygens (including phenoxy) is 1. The van der Waals surface area contributed by atoms with E-state index in [2.05, 4.69) is 10.6 Å². The molecule has 0 unspecified atom stereocenters. The molecule has 118 valence electrons. The van der Waals surface area contributed by atoms with Crippen molar-refractivity contribution in [1.82, 2.24) is 5.32 Å². The van der Waals surface area contributed by atoms with Crippen molar-refractivity contribution < 1.29 is 19.4 Å². The zero-order chi connectivity index (χ0) is 16.8. The van der Waals surface area contributed by atoms with Gasteiger partial charge in [-0.1, -0.05) is 0 Å². The smallest absolute Gasteiger partial charge is 0.308 e. The molecule has 0 aliphatic carbocycles. The summed E-state index contributed by atoms with van der Waals surface area (Å²) in [4.78, 5) is 22.8. The number of phenolic OH excluding ortho intramolecular Hbond substituents is 1. The number of carbonyl (C=O) groups is 2. The van der Waals surface area contributed by atoms with Crippen molar-refractivity contribution in [3.63, 3.8) is 0 Å². The number of esters is 1. The Morgan fingerprint density at radius 1 is 1.04 bits per heavy atom. The maximum Gasteiger partial charge on any atom is 0.308 e. The third kappa shape index (κ3) is 5.08. The van der Waals surface area contributed by atoms with Crippen molar-refractivity contribution in [2.75, 3.05) is 5.32 Å². The molecule has 2 aromatic carbocycles. The summed E-state index contributed by atoms with van der Waals surface area (Å²) in [6.45, 7) is 1.32. The fraction of sp³-hybridized carbons (Fsp3) is 0.0625. The molecule has 0 atom stereocenters. The van der Waals surface area contributed by atoms with Crippen LogP contribution < -0.4 is 15.4 Å². The molecule has 0 aliphatic rings. The number of amides is 1.